The number of thiophene rings is 1. The quantitative estimate of drug-likeness (QED) is 0.352. The topological polar surface area (TPSA) is 85.1 Å². The van der Waals surface area contributed by atoms with Crippen LogP contribution in [0.5, 0.6) is 11.8 Å². The summed E-state index contributed by atoms with van der Waals surface area (Å²) in [5.41, 5.74) is 4.38. The Balaban J connectivity index is 1.26. The summed E-state index contributed by atoms with van der Waals surface area (Å²) in [7, 11) is 0. The van der Waals surface area contributed by atoms with Crippen molar-refractivity contribution in [2.45, 2.75) is 32.7 Å². The van der Waals surface area contributed by atoms with Gasteiger partial charge in [0, 0.05) is 27.8 Å². The van der Waals surface area contributed by atoms with Gasteiger partial charge < -0.3 is 15.2 Å². The maximum atomic E-state index is 10.6. The summed E-state index contributed by atoms with van der Waals surface area (Å²) >= 11 is 1.69. The van der Waals surface area contributed by atoms with Crippen molar-refractivity contribution in [1.82, 2.24) is 19.5 Å². The standard InChI is InChI=1S/C26H25N5O2S/c1-15-28-23(22-24(29-15)31-25(30-22)33-14-26(31,2)3)27-11-10-16-8-9-20(32)18(12-16)19-13-34-21-7-5-4-6-17(19)21/h4-9,12-13,32H,10-11,14H2,1-3H3,(H,27,28,29). The molecule has 5 aromatic rings. The number of anilines is 1. The number of nitrogens with zero attached hydrogens (tertiary/aromatic N) is 4. The first kappa shape index (κ1) is 20.9. The SMILES string of the molecule is Cc1nc(NCCc2ccc(O)c(-c3csc4ccccc34)c2)c2nc3n(c2n1)C(C)(C)CO3. The minimum Gasteiger partial charge on any atom is -0.507 e. The highest BCUT2D eigenvalue weighted by Gasteiger charge is 2.35. The smallest absolute Gasteiger partial charge is 0.299 e. The molecule has 0 bridgehead atoms. The molecule has 7 nitrogen and oxygen atoms in total. The zero-order valence-corrected chi connectivity index (χ0v) is 20.1. The number of hydrogen-bond donors (Lipinski definition) is 2. The van der Waals surface area contributed by atoms with Crippen LogP contribution < -0.4 is 10.1 Å². The molecule has 6 rings (SSSR count). The van der Waals surface area contributed by atoms with Gasteiger partial charge in [-0.15, -0.1) is 11.3 Å². The molecule has 8 heteroatoms. The van der Waals surface area contributed by atoms with Crippen LogP contribution in [0.4, 0.5) is 5.82 Å². The van der Waals surface area contributed by atoms with Gasteiger partial charge in [-0.25, -0.2) is 9.97 Å². The lowest BCUT2D eigenvalue weighted by atomic mass is 10.00. The van der Waals surface area contributed by atoms with E-state index in [2.05, 4.69) is 62.3 Å². The van der Waals surface area contributed by atoms with Gasteiger partial charge in [-0.2, -0.15) is 4.98 Å². The van der Waals surface area contributed by atoms with E-state index in [0.717, 1.165) is 39.7 Å². The van der Waals surface area contributed by atoms with E-state index in [4.69, 9.17) is 4.74 Å². The van der Waals surface area contributed by atoms with Crippen molar-refractivity contribution >= 4 is 38.4 Å². The molecule has 1 aliphatic heterocycles. The van der Waals surface area contributed by atoms with E-state index in [0.29, 0.717) is 36.6 Å². The fraction of sp³-hybridized carbons (Fsp3) is 0.269. The van der Waals surface area contributed by atoms with Gasteiger partial charge in [0.15, 0.2) is 17.0 Å². The number of nitrogens with one attached hydrogen (secondary N) is 1. The van der Waals surface area contributed by atoms with E-state index in [9.17, 15) is 5.11 Å². The van der Waals surface area contributed by atoms with Crippen LogP contribution in [0.1, 0.15) is 25.2 Å². The Morgan fingerprint density at radius 1 is 1.12 bits per heavy atom. The first-order valence-corrected chi connectivity index (χ1v) is 12.2. The normalized spacial score (nSPS) is 14.4. The molecular formula is C26H25N5O2S. The molecule has 0 saturated carbocycles. The monoisotopic (exact) mass is 471 g/mol. The summed E-state index contributed by atoms with van der Waals surface area (Å²) in [4.78, 5) is 13.9. The minimum atomic E-state index is -0.198. The minimum absolute atomic E-state index is 0.198. The molecule has 0 unspecified atom stereocenters. The van der Waals surface area contributed by atoms with Crippen LogP contribution in [0, 0.1) is 6.92 Å². The highest BCUT2D eigenvalue weighted by Crippen LogP contribution is 2.39. The number of ether oxygens (including phenoxy) is 1. The van der Waals surface area contributed by atoms with Gasteiger partial charge in [-0.3, -0.25) is 4.57 Å². The highest BCUT2D eigenvalue weighted by atomic mass is 32.1. The van der Waals surface area contributed by atoms with Crippen molar-refractivity contribution in [3.8, 4) is 22.9 Å². The average molecular weight is 472 g/mol. The molecule has 2 N–H and O–H groups in total. The second-order valence-corrected chi connectivity index (χ2v) is 10.2. The summed E-state index contributed by atoms with van der Waals surface area (Å²) in [6, 6.07) is 14.7. The molecular weight excluding hydrogens is 446 g/mol. The highest BCUT2D eigenvalue weighted by molar-refractivity contribution is 7.17. The van der Waals surface area contributed by atoms with Gasteiger partial charge in [0.25, 0.3) is 6.01 Å². The average Bonchev–Trinajstić information content (AvgIpc) is 3.48. The van der Waals surface area contributed by atoms with Crippen molar-refractivity contribution in [3.63, 3.8) is 0 Å². The Kier molecular flexibility index (Phi) is 4.74. The first-order chi connectivity index (χ1) is 16.4. The number of aromatic hydroxyl groups is 1. The predicted octanol–water partition coefficient (Wildman–Crippen LogP) is 5.50. The largest absolute Gasteiger partial charge is 0.507 e. The number of rotatable bonds is 5. The van der Waals surface area contributed by atoms with E-state index >= 15 is 0 Å². The van der Waals surface area contributed by atoms with Crippen molar-refractivity contribution < 1.29 is 9.84 Å². The van der Waals surface area contributed by atoms with Gasteiger partial charge in [0.2, 0.25) is 0 Å². The van der Waals surface area contributed by atoms with E-state index < -0.39 is 0 Å². The van der Waals surface area contributed by atoms with Gasteiger partial charge in [-0.05, 0) is 56.3 Å². The number of benzene rings is 2. The molecule has 0 saturated heterocycles. The molecule has 0 aliphatic carbocycles. The van der Waals surface area contributed by atoms with Gasteiger partial charge >= 0.3 is 0 Å². The molecule has 34 heavy (non-hydrogen) atoms. The molecule has 0 spiro atoms. The van der Waals surface area contributed by atoms with Crippen LogP contribution in [0.15, 0.2) is 47.8 Å². The number of phenolic OH excluding ortho intramolecular Hbond substituents is 1. The first-order valence-electron chi connectivity index (χ1n) is 11.3. The van der Waals surface area contributed by atoms with Crippen LogP contribution in [0.2, 0.25) is 0 Å². The van der Waals surface area contributed by atoms with Crippen molar-refractivity contribution in [1.29, 1.82) is 0 Å². The zero-order valence-electron chi connectivity index (χ0n) is 19.3. The lowest BCUT2D eigenvalue weighted by Gasteiger charge is -2.18. The number of hydrogen-bond acceptors (Lipinski definition) is 7. The molecule has 3 aromatic heterocycles. The van der Waals surface area contributed by atoms with E-state index in [1.165, 1.54) is 4.70 Å². The van der Waals surface area contributed by atoms with Crippen molar-refractivity contribution in [2.24, 2.45) is 0 Å². The lowest BCUT2D eigenvalue weighted by Crippen LogP contribution is -2.26. The predicted molar refractivity (Wildman–Crippen MR) is 136 cm³/mol. The number of fused-ring (bicyclic) bond motifs is 4. The maximum Gasteiger partial charge on any atom is 0.299 e. The van der Waals surface area contributed by atoms with Crippen LogP contribution in [0.3, 0.4) is 0 Å². The Hall–Kier alpha value is -3.65. The second-order valence-electron chi connectivity index (χ2n) is 9.30. The lowest BCUT2D eigenvalue weighted by molar-refractivity contribution is 0.268. The van der Waals surface area contributed by atoms with Crippen LogP contribution in [-0.4, -0.2) is 37.8 Å². The van der Waals surface area contributed by atoms with E-state index in [1.807, 2.05) is 25.1 Å². The van der Waals surface area contributed by atoms with Crippen LogP contribution in [0.25, 0.3) is 32.4 Å². The molecule has 4 heterocycles. The zero-order chi connectivity index (χ0) is 23.4. The Morgan fingerprint density at radius 2 is 1.97 bits per heavy atom. The van der Waals surface area contributed by atoms with Gasteiger partial charge in [-0.1, -0.05) is 24.3 Å². The number of aryl methyl sites for hydroxylation is 1. The third-order valence-corrected chi connectivity index (χ3v) is 7.25. The summed E-state index contributed by atoms with van der Waals surface area (Å²) < 4.78 is 9.06. The summed E-state index contributed by atoms with van der Waals surface area (Å²) in [6.45, 7) is 7.39. The molecule has 1 aliphatic rings. The fourth-order valence-electron chi connectivity index (χ4n) is 4.58. The molecule has 0 radical (unpaired) electrons. The maximum absolute atomic E-state index is 10.6. The Labute approximate surface area is 201 Å². The van der Waals surface area contributed by atoms with E-state index in [-0.39, 0.29) is 5.54 Å². The van der Waals surface area contributed by atoms with Gasteiger partial charge in [0.05, 0.1) is 5.54 Å². The Bertz CT molecular complexity index is 1550. The van der Waals surface area contributed by atoms with E-state index in [1.54, 1.807) is 17.4 Å². The number of aromatic nitrogens is 4. The van der Waals surface area contributed by atoms with Crippen molar-refractivity contribution in [3.05, 3.63) is 59.2 Å². The summed E-state index contributed by atoms with van der Waals surface area (Å²) in [5, 5.41) is 17.3. The Morgan fingerprint density at radius 3 is 2.85 bits per heavy atom. The molecule has 2 aromatic carbocycles. The molecule has 0 amide bonds. The number of imidazole rings is 1. The van der Waals surface area contributed by atoms with Gasteiger partial charge in [0.1, 0.15) is 18.2 Å². The third kappa shape index (κ3) is 3.37. The third-order valence-electron chi connectivity index (χ3n) is 6.29. The molecule has 0 atom stereocenters. The molecule has 172 valence electrons. The number of phenols is 1. The molecule has 0 fully saturated rings. The van der Waals surface area contributed by atoms with Crippen molar-refractivity contribution in [2.75, 3.05) is 18.5 Å². The summed E-state index contributed by atoms with van der Waals surface area (Å²) in [5.74, 6) is 1.70. The van der Waals surface area contributed by atoms with Crippen LogP contribution >= 0.6 is 11.3 Å². The summed E-state index contributed by atoms with van der Waals surface area (Å²) in [6.07, 6.45) is 0.773. The van der Waals surface area contributed by atoms with Crippen LogP contribution in [-0.2, 0) is 12.0 Å². The second kappa shape index (κ2) is 7.70. The fourth-order valence-corrected chi connectivity index (χ4v) is 5.55.